The summed E-state index contributed by atoms with van der Waals surface area (Å²) >= 11 is 1.62. The summed E-state index contributed by atoms with van der Waals surface area (Å²) < 4.78 is 42.8. The van der Waals surface area contributed by atoms with Crippen LogP contribution in [0.25, 0.3) is 11.5 Å². The molecule has 2 aliphatic rings. The van der Waals surface area contributed by atoms with Crippen LogP contribution in [0.2, 0.25) is 0 Å². The minimum atomic E-state index is -4.41. The SMILES string of the molecule is [B][C@@]12CN(CCCSc3nnc(-c4cnccn4)n3C)C[C@@H]1CCN2c1ccccc1C(F)(F)F. The van der Waals surface area contributed by atoms with Crippen LogP contribution in [0, 0.1) is 5.92 Å². The number of nitrogens with zero attached hydrogens (tertiary/aromatic N) is 7. The first-order valence-corrected chi connectivity index (χ1v) is 12.5. The molecule has 2 radical (unpaired) electrons. The first-order valence-electron chi connectivity index (χ1n) is 11.5. The molecule has 2 aromatic heterocycles. The number of fused-ring (bicyclic) bond motifs is 1. The third-order valence-electron chi connectivity index (χ3n) is 6.84. The van der Waals surface area contributed by atoms with E-state index in [1.54, 1.807) is 41.3 Å². The second-order valence-electron chi connectivity index (χ2n) is 9.04. The maximum Gasteiger partial charge on any atom is 0.418 e. The van der Waals surface area contributed by atoms with E-state index in [-0.39, 0.29) is 11.6 Å². The molecule has 182 valence electrons. The van der Waals surface area contributed by atoms with Gasteiger partial charge in [-0.25, -0.2) is 4.98 Å². The van der Waals surface area contributed by atoms with Gasteiger partial charge in [0.15, 0.2) is 11.0 Å². The molecule has 0 aliphatic carbocycles. The molecule has 0 unspecified atom stereocenters. The second kappa shape index (κ2) is 9.46. The Kier molecular flexibility index (Phi) is 6.52. The molecule has 5 rings (SSSR count). The van der Waals surface area contributed by atoms with Gasteiger partial charge >= 0.3 is 6.18 Å². The highest BCUT2D eigenvalue weighted by molar-refractivity contribution is 7.99. The first kappa shape index (κ1) is 24.1. The average molecular weight is 499 g/mol. The summed E-state index contributed by atoms with van der Waals surface area (Å²) in [5, 5.41) is 9.29. The molecule has 2 saturated heterocycles. The van der Waals surface area contributed by atoms with Gasteiger partial charge in [0.1, 0.15) is 13.5 Å². The van der Waals surface area contributed by atoms with Crippen LogP contribution in [-0.2, 0) is 13.2 Å². The lowest BCUT2D eigenvalue weighted by atomic mass is 9.70. The fourth-order valence-corrected chi connectivity index (χ4v) is 5.99. The Morgan fingerprint density at radius 3 is 2.80 bits per heavy atom. The molecule has 2 fully saturated rings. The summed E-state index contributed by atoms with van der Waals surface area (Å²) in [6, 6.07) is 5.75. The van der Waals surface area contributed by atoms with Gasteiger partial charge in [0.25, 0.3) is 0 Å². The predicted octanol–water partition coefficient (Wildman–Crippen LogP) is 3.48. The van der Waals surface area contributed by atoms with E-state index in [2.05, 4.69) is 25.1 Å². The lowest BCUT2D eigenvalue weighted by molar-refractivity contribution is -0.137. The highest BCUT2D eigenvalue weighted by Gasteiger charge is 2.51. The molecule has 3 aromatic rings. The average Bonchev–Trinajstić information content (AvgIpc) is 3.46. The summed E-state index contributed by atoms with van der Waals surface area (Å²) in [6.07, 6.45) is 2.17. The molecule has 0 amide bonds. The van der Waals surface area contributed by atoms with E-state index in [9.17, 15) is 13.2 Å². The van der Waals surface area contributed by atoms with E-state index in [0.29, 0.717) is 24.6 Å². The first-order chi connectivity index (χ1) is 16.8. The molecule has 2 aliphatic heterocycles. The third kappa shape index (κ3) is 4.65. The van der Waals surface area contributed by atoms with Crippen molar-refractivity contribution in [3.05, 3.63) is 48.4 Å². The maximum atomic E-state index is 13.6. The largest absolute Gasteiger partial charge is 0.418 e. The maximum absolute atomic E-state index is 13.6. The summed E-state index contributed by atoms with van der Waals surface area (Å²) in [5.74, 6) is 1.65. The minimum absolute atomic E-state index is 0.143. The van der Waals surface area contributed by atoms with E-state index in [0.717, 1.165) is 42.9 Å². The van der Waals surface area contributed by atoms with E-state index < -0.39 is 17.2 Å². The molecule has 1 aromatic carbocycles. The number of benzene rings is 1. The van der Waals surface area contributed by atoms with Gasteiger partial charge in [0.05, 0.1) is 11.8 Å². The van der Waals surface area contributed by atoms with Crippen molar-refractivity contribution in [1.29, 1.82) is 0 Å². The van der Waals surface area contributed by atoms with Crippen LogP contribution in [-0.4, -0.2) is 74.8 Å². The number of thioether (sulfide) groups is 1. The standard InChI is InChI=1S/C23H25BF3N7S/c1-32-20(18-13-28-8-9-29-18)30-31-21(32)35-12-4-10-33-14-16-7-11-34(22(16,24)15-33)19-6-3-2-5-17(19)23(25,26)27/h2-3,5-6,8-9,13,16H,4,7,10-12,14-15H2,1H3/t16-,22+/m0/s1. The molecule has 0 saturated carbocycles. The molecular weight excluding hydrogens is 474 g/mol. The van der Waals surface area contributed by atoms with Crippen molar-refractivity contribution < 1.29 is 13.2 Å². The number of hydrogen-bond donors (Lipinski definition) is 0. The van der Waals surface area contributed by atoms with E-state index in [4.69, 9.17) is 7.85 Å². The van der Waals surface area contributed by atoms with Gasteiger partial charge in [-0.2, -0.15) is 13.2 Å². The lowest BCUT2D eigenvalue weighted by Crippen LogP contribution is -2.51. The number of hydrogen-bond acceptors (Lipinski definition) is 7. The lowest BCUT2D eigenvalue weighted by Gasteiger charge is -2.39. The van der Waals surface area contributed by atoms with Crippen molar-refractivity contribution in [1.82, 2.24) is 29.6 Å². The highest BCUT2D eigenvalue weighted by atomic mass is 32.2. The molecule has 35 heavy (non-hydrogen) atoms. The number of rotatable bonds is 7. The van der Waals surface area contributed by atoms with E-state index in [1.807, 2.05) is 11.6 Å². The van der Waals surface area contributed by atoms with Gasteiger partial charge in [-0.1, -0.05) is 23.9 Å². The normalized spacial score (nSPS) is 22.6. The van der Waals surface area contributed by atoms with Crippen molar-refractivity contribution in [2.75, 3.05) is 36.8 Å². The Hall–Kier alpha value is -2.60. The number of para-hydroxylation sites is 1. The Labute approximate surface area is 207 Å². The molecule has 0 spiro atoms. The highest BCUT2D eigenvalue weighted by Crippen LogP contribution is 2.45. The molecule has 2 atom stereocenters. The van der Waals surface area contributed by atoms with Crippen molar-refractivity contribution in [2.24, 2.45) is 13.0 Å². The number of anilines is 1. The number of alkyl halides is 3. The Bertz CT molecular complexity index is 1180. The van der Waals surface area contributed by atoms with Crippen LogP contribution in [0.15, 0.2) is 48.0 Å². The van der Waals surface area contributed by atoms with Gasteiger partial charge in [-0.05, 0) is 37.4 Å². The molecule has 12 heteroatoms. The van der Waals surface area contributed by atoms with Crippen LogP contribution in [0.5, 0.6) is 0 Å². The predicted molar refractivity (Wildman–Crippen MR) is 129 cm³/mol. The zero-order chi connectivity index (χ0) is 24.6. The number of likely N-dealkylation sites (tertiary alicyclic amines) is 1. The fourth-order valence-electron chi connectivity index (χ4n) is 5.16. The van der Waals surface area contributed by atoms with Crippen molar-refractivity contribution in [3.8, 4) is 11.5 Å². The molecular formula is C23H25BF3N7S. The quantitative estimate of drug-likeness (QED) is 0.280. The van der Waals surface area contributed by atoms with Crippen molar-refractivity contribution in [3.63, 3.8) is 0 Å². The Balaban J connectivity index is 1.18. The van der Waals surface area contributed by atoms with Crippen LogP contribution in [0.4, 0.5) is 18.9 Å². The summed E-state index contributed by atoms with van der Waals surface area (Å²) in [7, 11) is 8.70. The minimum Gasteiger partial charge on any atom is -0.373 e. The van der Waals surface area contributed by atoms with Crippen LogP contribution in [0.3, 0.4) is 0 Å². The van der Waals surface area contributed by atoms with Crippen molar-refractivity contribution >= 4 is 25.3 Å². The van der Waals surface area contributed by atoms with E-state index >= 15 is 0 Å². The topological polar surface area (TPSA) is 63.0 Å². The number of aromatic nitrogens is 5. The summed E-state index contributed by atoms with van der Waals surface area (Å²) in [6.45, 7) is 2.71. The van der Waals surface area contributed by atoms with Gasteiger partial charge in [0.2, 0.25) is 0 Å². The molecule has 7 nitrogen and oxygen atoms in total. The molecule has 4 heterocycles. The van der Waals surface area contributed by atoms with Gasteiger partial charge in [-0.15, -0.1) is 10.2 Å². The van der Waals surface area contributed by atoms with Crippen LogP contribution in [0.1, 0.15) is 18.4 Å². The fraction of sp³-hybridized carbons (Fsp3) is 0.478. The van der Waals surface area contributed by atoms with Gasteiger partial charge in [-0.3, -0.25) is 4.98 Å². The zero-order valence-electron chi connectivity index (χ0n) is 19.3. The smallest absolute Gasteiger partial charge is 0.373 e. The van der Waals surface area contributed by atoms with E-state index in [1.165, 1.54) is 12.1 Å². The number of halogens is 3. The Morgan fingerprint density at radius 2 is 2.03 bits per heavy atom. The molecule has 0 bridgehead atoms. The van der Waals surface area contributed by atoms with Crippen LogP contribution >= 0.6 is 11.8 Å². The summed E-state index contributed by atoms with van der Waals surface area (Å²) in [4.78, 5) is 12.4. The monoisotopic (exact) mass is 499 g/mol. The van der Waals surface area contributed by atoms with Crippen LogP contribution < -0.4 is 4.90 Å². The second-order valence-corrected chi connectivity index (χ2v) is 10.1. The summed E-state index contributed by atoms with van der Waals surface area (Å²) in [5.41, 5.74) is -0.555. The Morgan fingerprint density at radius 1 is 1.20 bits per heavy atom. The van der Waals surface area contributed by atoms with Gasteiger partial charge in [0, 0.05) is 56.0 Å². The molecule has 0 N–H and O–H groups in total. The van der Waals surface area contributed by atoms with Gasteiger partial charge < -0.3 is 14.4 Å². The van der Waals surface area contributed by atoms with Crippen molar-refractivity contribution in [2.45, 2.75) is 29.6 Å². The third-order valence-corrected chi connectivity index (χ3v) is 7.95. The zero-order valence-corrected chi connectivity index (χ0v) is 20.1.